The predicted molar refractivity (Wildman–Crippen MR) is 88.2 cm³/mol. The second-order valence-electron chi connectivity index (χ2n) is 4.97. The van der Waals surface area contributed by atoms with Crippen molar-refractivity contribution in [3.8, 4) is 0 Å². The van der Waals surface area contributed by atoms with Gasteiger partial charge in [-0.1, -0.05) is 23.7 Å². The molecular weight excluding hydrogens is 355 g/mol. The maximum atomic E-state index is 13.0. The summed E-state index contributed by atoms with van der Waals surface area (Å²) in [5.74, 6) is -2.30. The van der Waals surface area contributed by atoms with E-state index in [4.69, 9.17) is 16.3 Å². The second-order valence-corrected chi connectivity index (χ2v) is 5.38. The number of rotatable bonds is 5. The summed E-state index contributed by atoms with van der Waals surface area (Å²) in [6.07, 6.45) is 0. The predicted octanol–water partition coefficient (Wildman–Crippen LogP) is 3.49. The standard InChI is InChI=1S/C16H12ClFN2O5/c1-9-3-2-4-13(20(23)24)15(9)19-14(21)8-25-16(22)11-6-5-10(18)7-12(11)17/h2-7H,8H2,1H3,(H,19,21). The van der Waals surface area contributed by atoms with Crippen LogP contribution in [-0.2, 0) is 9.53 Å². The first-order chi connectivity index (χ1) is 11.8. The Bertz CT molecular complexity index is 856. The molecule has 0 aliphatic rings. The molecule has 0 spiro atoms. The molecule has 0 aromatic heterocycles. The Morgan fingerprint density at radius 1 is 1.32 bits per heavy atom. The van der Waals surface area contributed by atoms with E-state index in [9.17, 15) is 24.1 Å². The molecule has 9 heteroatoms. The molecule has 1 N–H and O–H groups in total. The van der Waals surface area contributed by atoms with E-state index in [1.807, 2.05) is 0 Å². The first kappa shape index (κ1) is 18.3. The number of para-hydroxylation sites is 1. The van der Waals surface area contributed by atoms with Crippen molar-refractivity contribution in [3.05, 3.63) is 68.5 Å². The van der Waals surface area contributed by atoms with Crippen LogP contribution in [0.3, 0.4) is 0 Å². The lowest BCUT2D eigenvalue weighted by atomic mass is 10.1. The molecule has 0 bridgehead atoms. The number of carbonyl (C=O) groups is 2. The average molecular weight is 367 g/mol. The molecular formula is C16H12ClFN2O5. The van der Waals surface area contributed by atoms with Crippen LogP contribution >= 0.6 is 11.6 Å². The fourth-order valence-corrected chi connectivity index (χ4v) is 2.25. The fourth-order valence-electron chi connectivity index (χ4n) is 2.01. The number of hydrogen-bond donors (Lipinski definition) is 1. The van der Waals surface area contributed by atoms with Crippen LogP contribution in [0.15, 0.2) is 36.4 Å². The van der Waals surface area contributed by atoms with Crippen molar-refractivity contribution in [2.24, 2.45) is 0 Å². The van der Waals surface area contributed by atoms with Crippen molar-refractivity contribution in [1.29, 1.82) is 0 Å². The maximum absolute atomic E-state index is 13.0. The highest BCUT2D eigenvalue weighted by molar-refractivity contribution is 6.33. The van der Waals surface area contributed by atoms with E-state index in [0.717, 1.165) is 18.2 Å². The number of halogens is 2. The highest BCUT2D eigenvalue weighted by atomic mass is 35.5. The number of anilines is 1. The summed E-state index contributed by atoms with van der Waals surface area (Å²) < 4.78 is 17.7. The van der Waals surface area contributed by atoms with Gasteiger partial charge in [0.2, 0.25) is 0 Å². The average Bonchev–Trinajstić information content (AvgIpc) is 2.54. The quantitative estimate of drug-likeness (QED) is 0.496. The summed E-state index contributed by atoms with van der Waals surface area (Å²) in [6, 6.07) is 7.41. The van der Waals surface area contributed by atoms with Crippen molar-refractivity contribution in [3.63, 3.8) is 0 Å². The van der Waals surface area contributed by atoms with Gasteiger partial charge in [-0.25, -0.2) is 9.18 Å². The third-order valence-corrected chi connectivity index (χ3v) is 3.51. The molecule has 0 saturated heterocycles. The van der Waals surface area contributed by atoms with Gasteiger partial charge in [0.25, 0.3) is 11.6 Å². The molecule has 0 fully saturated rings. The zero-order chi connectivity index (χ0) is 18.6. The molecule has 0 atom stereocenters. The monoisotopic (exact) mass is 366 g/mol. The van der Waals surface area contributed by atoms with Gasteiger partial charge in [-0.15, -0.1) is 0 Å². The van der Waals surface area contributed by atoms with Gasteiger partial charge in [-0.05, 0) is 30.7 Å². The van der Waals surface area contributed by atoms with Crippen LogP contribution in [0.25, 0.3) is 0 Å². The number of nitrogens with zero attached hydrogens (tertiary/aromatic N) is 1. The number of nitro benzene ring substituents is 1. The normalized spacial score (nSPS) is 10.2. The molecule has 7 nitrogen and oxygen atoms in total. The Hall–Kier alpha value is -3.00. The van der Waals surface area contributed by atoms with E-state index >= 15 is 0 Å². The lowest BCUT2D eigenvalue weighted by Crippen LogP contribution is -2.22. The third kappa shape index (κ3) is 4.51. The highest BCUT2D eigenvalue weighted by Gasteiger charge is 2.19. The zero-order valence-corrected chi connectivity index (χ0v) is 13.7. The lowest BCUT2D eigenvalue weighted by Gasteiger charge is -2.10. The second kappa shape index (κ2) is 7.71. The van der Waals surface area contributed by atoms with Gasteiger partial charge in [0.15, 0.2) is 6.61 Å². The summed E-state index contributed by atoms with van der Waals surface area (Å²) in [5.41, 5.74) is 0.128. The van der Waals surface area contributed by atoms with Crippen LogP contribution in [0.4, 0.5) is 15.8 Å². The van der Waals surface area contributed by atoms with E-state index < -0.39 is 29.2 Å². The Balaban J connectivity index is 2.04. The van der Waals surface area contributed by atoms with E-state index in [1.54, 1.807) is 13.0 Å². The first-order valence-corrected chi connectivity index (χ1v) is 7.33. The highest BCUT2D eigenvalue weighted by Crippen LogP contribution is 2.27. The maximum Gasteiger partial charge on any atom is 0.340 e. The van der Waals surface area contributed by atoms with Gasteiger partial charge >= 0.3 is 5.97 Å². The van der Waals surface area contributed by atoms with Gasteiger partial charge in [0, 0.05) is 6.07 Å². The molecule has 2 rings (SSSR count). The van der Waals surface area contributed by atoms with Crippen LogP contribution in [-0.4, -0.2) is 23.4 Å². The number of ether oxygens (including phenoxy) is 1. The van der Waals surface area contributed by atoms with Crippen LogP contribution in [0.1, 0.15) is 15.9 Å². The minimum atomic E-state index is -0.917. The van der Waals surface area contributed by atoms with Gasteiger partial charge in [0.05, 0.1) is 15.5 Å². The van der Waals surface area contributed by atoms with Crippen LogP contribution < -0.4 is 5.32 Å². The van der Waals surface area contributed by atoms with Gasteiger partial charge in [-0.2, -0.15) is 0 Å². The van der Waals surface area contributed by atoms with E-state index in [0.29, 0.717) is 5.56 Å². The van der Waals surface area contributed by atoms with Crippen molar-refractivity contribution < 1.29 is 23.6 Å². The molecule has 0 unspecified atom stereocenters. The lowest BCUT2D eigenvalue weighted by molar-refractivity contribution is -0.384. The summed E-state index contributed by atoms with van der Waals surface area (Å²) >= 11 is 5.73. The summed E-state index contributed by atoms with van der Waals surface area (Å²) in [4.78, 5) is 34.1. The number of carbonyl (C=O) groups excluding carboxylic acids is 2. The molecule has 130 valence electrons. The molecule has 2 aromatic rings. The molecule has 1 amide bonds. The molecule has 0 heterocycles. The third-order valence-electron chi connectivity index (χ3n) is 3.20. The number of amides is 1. The van der Waals surface area contributed by atoms with Crippen molar-refractivity contribution in [2.45, 2.75) is 6.92 Å². The number of esters is 1. The number of nitrogens with one attached hydrogen (secondary N) is 1. The fraction of sp³-hybridized carbons (Fsp3) is 0.125. The Morgan fingerprint density at radius 3 is 2.68 bits per heavy atom. The number of nitro groups is 1. The van der Waals surface area contributed by atoms with E-state index in [-0.39, 0.29) is 22.0 Å². The Kier molecular flexibility index (Phi) is 5.66. The smallest absolute Gasteiger partial charge is 0.340 e. The number of hydrogen-bond acceptors (Lipinski definition) is 5. The van der Waals surface area contributed by atoms with Crippen molar-refractivity contribution in [2.75, 3.05) is 11.9 Å². The number of benzene rings is 2. The molecule has 0 aliphatic carbocycles. The van der Waals surface area contributed by atoms with Crippen molar-refractivity contribution >= 4 is 34.9 Å². The largest absolute Gasteiger partial charge is 0.452 e. The first-order valence-electron chi connectivity index (χ1n) is 6.95. The van der Waals surface area contributed by atoms with Gasteiger partial charge in [-0.3, -0.25) is 14.9 Å². The number of aryl methyl sites for hydroxylation is 1. The summed E-state index contributed by atoms with van der Waals surface area (Å²) in [7, 11) is 0. The van der Waals surface area contributed by atoms with Gasteiger partial charge in [0.1, 0.15) is 11.5 Å². The van der Waals surface area contributed by atoms with Crippen LogP contribution in [0.5, 0.6) is 0 Å². The van der Waals surface area contributed by atoms with Crippen molar-refractivity contribution in [1.82, 2.24) is 0 Å². The zero-order valence-electron chi connectivity index (χ0n) is 12.9. The van der Waals surface area contributed by atoms with E-state index in [1.165, 1.54) is 12.1 Å². The topological polar surface area (TPSA) is 98.5 Å². The molecule has 25 heavy (non-hydrogen) atoms. The summed E-state index contributed by atoms with van der Waals surface area (Å²) in [6.45, 7) is 0.908. The Morgan fingerprint density at radius 2 is 2.04 bits per heavy atom. The SMILES string of the molecule is Cc1cccc([N+](=O)[O-])c1NC(=O)COC(=O)c1ccc(F)cc1Cl. The van der Waals surface area contributed by atoms with E-state index in [2.05, 4.69) is 5.32 Å². The minimum Gasteiger partial charge on any atom is -0.452 e. The molecule has 0 saturated carbocycles. The molecule has 2 aromatic carbocycles. The molecule has 0 aliphatic heterocycles. The minimum absolute atomic E-state index is 0.0216. The molecule has 0 radical (unpaired) electrons. The van der Waals surface area contributed by atoms with Crippen LogP contribution in [0, 0.1) is 22.9 Å². The summed E-state index contributed by atoms with van der Waals surface area (Å²) in [5, 5.41) is 13.2. The van der Waals surface area contributed by atoms with Crippen LogP contribution in [0.2, 0.25) is 5.02 Å². The van der Waals surface area contributed by atoms with Gasteiger partial charge < -0.3 is 10.1 Å². The Labute approximate surface area is 146 Å².